The highest BCUT2D eigenvalue weighted by molar-refractivity contribution is 6.04. The van der Waals surface area contributed by atoms with Gasteiger partial charge in [-0.2, -0.15) is 0 Å². The van der Waals surface area contributed by atoms with Crippen LogP contribution in [0.15, 0.2) is 54.6 Å². The van der Waals surface area contributed by atoms with E-state index in [9.17, 15) is 19.8 Å². The maximum atomic E-state index is 12.8. The first-order valence-corrected chi connectivity index (χ1v) is 9.21. The number of benzene rings is 2. The summed E-state index contributed by atoms with van der Waals surface area (Å²) in [6, 6.07) is 15.3. The third kappa shape index (κ3) is 3.46. The average molecular weight is 383 g/mol. The zero-order valence-corrected chi connectivity index (χ0v) is 15.1. The maximum absolute atomic E-state index is 12.8. The molecule has 2 N–H and O–H groups in total. The number of aliphatic hydroxyl groups excluding tert-OH is 2. The smallest absolute Gasteiger partial charge is 0.417 e. The molecule has 0 unspecified atom stereocenters. The van der Waals surface area contributed by atoms with Gasteiger partial charge < -0.3 is 19.7 Å². The molecule has 2 amide bonds. The lowest BCUT2D eigenvalue weighted by Gasteiger charge is -2.34. The topological polar surface area (TPSA) is 96.3 Å². The van der Waals surface area contributed by atoms with Gasteiger partial charge >= 0.3 is 6.09 Å². The van der Waals surface area contributed by atoms with Crippen molar-refractivity contribution in [2.45, 2.75) is 43.8 Å². The third-order valence-electron chi connectivity index (χ3n) is 5.19. The van der Waals surface area contributed by atoms with Gasteiger partial charge in [-0.25, -0.2) is 9.69 Å². The number of aliphatic hydroxyl groups is 2. The van der Waals surface area contributed by atoms with Crippen molar-refractivity contribution >= 4 is 12.0 Å². The van der Waals surface area contributed by atoms with Gasteiger partial charge in [0, 0.05) is 5.56 Å². The molecule has 4 rings (SSSR count). The second-order valence-corrected chi connectivity index (χ2v) is 7.02. The van der Waals surface area contributed by atoms with Crippen molar-refractivity contribution in [3.8, 4) is 5.75 Å². The SMILES string of the molecule is O=C1O[C@@H]2CC[C@H](O)[C@H](O)[C@H]2N1C(=O)c1ccc(OCc2ccccc2)cc1. The molecule has 146 valence electrons. The molecule has 2 fully saturated rings. The highest BCUT2D eigenvalue weighted by Crippen LogP contribution is 2.33. The standard InChI is InChI=1S/C21H21NO6/c23-16-10-11-17-18(19(16)24)22(21(26)28-17)20(25)14-6-8-15(9-7-14)27-12-13-4-2-1-3-5-13/h1-9,16-19,23-24H,10-12H2/t16-,17+,18-,19-/m0/s1. The fraction of sp³-hybridized carbons (Fsp3) is 0.333. The van der Waals surface area contributed by atoms with Crippen LogP contribution in [0, 0.1) is 0 Å². The minimum absolute atomic E-state index is 0.275. The highest BCUT2D eigenvalue weighted by atomic mass is 16.6. The number of nitrogens with zero attached hydrogens (tertiary/aromatic N) is 1. The van der Waals surface area contributed by atoms with Crippen LogP contribution < -0.4 is 4.74 Å². The zero-order chi connectivity index (χ0) is 19.7. The molecule has 1 saturated heterocycles. The molecule has 0 spiro atoms. The van der Waals surface area contributed by atoms with Gasteiger partial charge in [0.15, 0.2) is 0 Å². The van der Waals surface area contributed by atoms with Crippen LogP contribution in [0.25, 0.3) is 0 Å². The summed E-state index contributed by atoms with van der Waals surface area (Å²) >= 11 is 0. The molecule has 1 saturated carbocycles. The van der Waals surface area contributed by atoms with Gasteiger partial charge in [-0.15, -0.1) is 0 Å². The molecule has 0 radical (unpaired) electrons. The number of amides is 2. The molecule has 4 atom stereocenters. The Bertz CT molecular complexity index is 853. The average Bonchev–Trinajstić information content (AvgIpc) is 3.06. The van der Waals surface area contributed by atoms with E-state index in [0.717, 1.165) is 10.5 Å². The van der Waals surface area contributed by atoms with Crippen LogP contribution in [0.5, 0.6) is 5.75 Å². The Morgan fingerprint density at radius 1 is 1.07 bits per heavy atom. The van der Waals surface area contributed by atoms with Crippen LogP contribution in [-0.4, -0.2) is 51.5 Å². The molecule has 7 heteroatoms. The Hall–Kier alpha value is -2.90. The molecule has 1 heterocycles. The molecule has 1 aliphatic carbocycles. The summed E-state index contributed by atoms with van der Waals surface area (Å²) in [4.78, 5) is 26.0. The first kappa shape index (κ1) is 18.5. The molecule has 1 aliphatic heterocycles. The lowest BCUT2D eigenvalue weighted by atomic mass is 9.87. The van der Waals surface area contributed by atoms with E-state index in [1.165, 1.54) is 0 Å². The van der Waals surface area contributed by atoms with E-state index < -0.39 is 36.4 Å². The van der Waals surface area contributed by atoms with Crippen LogP contribution in [0.4, 0.5) is 4.79 Å². The number of hydrogen-bond donors (Lipinski definition) is 2. The van der Waals surface area contributed by atoms with Crippen molar-refractivity contribution in [2.75, 3.05) is 0 Å². The van der Waals surface area contributed by atoms with E-state index in [-0.39, 0.29) is 5.56 Å². The number of carbonyl (C=O) groups excluding carboxylic acids is 2. The normalized spacial score (nSPS) is 26.5. The molecule has 0 bridgehead atoms. The minimum Gasteiger partial charge on any atom is -0.489 e. The number of hydrogen-bond acceptors (Lipinski definition) is 6. The largest absolute Gasteiger partial charge is 0.489 e. The van der Waals surface area contributed by atoms with Crippen LogP contribution in [-0.2, 0) is 11.3 Å². The van der Waals surface area contributed by atoms with E-state index in [1.54, 1.807) is 24.3 Å². The Morgan fingerprint density at radius 2 is 1.79 bits per heavy atom. The number of carbonyl (C=O) groups is 2. The van der Waals surface area contributed by atoms with Crippen molar-refractivity contribution in [1.82, 2.24) is 4.90 Å². The summed E-state index contributed by atoms with van der Waals surface area (Å²) in [5.41, 5.74) is 1.30. The van der Waals surface area contributed by atoms with Gasteiger partial charge in [-0.1, -0.05) is 30.3 Å². The van der Waals surface area contributed by atoms with Crippen molar-refractivity contribution in [2.24, 2.45) is 0 Å². The molecule has 2 aromatic rings. The summed E-state index contributed by atoms with van der Waals surface area (Å²) in [7, 11) is 0. The Labute approximate surface area is 162 Å². The Balaban J connectivity index is 1.46. The minimum atomic E-state index is -1.22. The van der Waals surface area contributed by atoms with E-state index in [1.807, 2.05) is 30.3 Å². The predicted molar refractivity (Wildman–Crippen MR) is 98.7 cm³/mol. The lowest BCUT2D eigenvalue weighted by Crippen LogP contribution is -2.55. The molecule has 2 aromatic carbocycles. The summed E-state index contributed by atoms with van der Waals surface area (Å²) in [6.07, 6.45) is -2.86. The monoisotopic (exact) mass is 383 g/mol. The highest BCUT2D eigenvalue weighted by Gasteiger charge is 2.53. The van der Waals surface area contributed by atoms with E-state index in [0.29, 0.717) is 25.2 Å². The van der Waals surface area contributed by atoms with Crippen molar-refractivity contribution in [1.29, 1.82) is 0 Å². The molecule has 0 aromatic heterocycles. The van der Waals surface area contributed by atoms with Gasteiger partial charge in [0.2, 0.25) is 0 Å². The second-order valence-electron chi connectivity index (χ2n) is 7.02. The summed E-state index contributed by atoms with van der Waals surface area (Å²) < 4.78 is 10.9. The van der Waals surface area contributed by atoms with Crippen molar-refractivity contribution in [3.63, 3.8) is 0 Å². The lowest BCUT2D eigenvalue weighted by molar-refractivity contribution is -0.0642. The zero-order valence-electron chi connectivity index (χ0n) is 15.1. The molecule has 28 heavy (non-hydrogen) atoms. The Morgan fingerprint density at radius 3 is 2.50 bits per heavy atom. The summed E-state index contributed by atoms with van der Waals surface area (Å²) in [5.74, 6) is 0.0238. The van der Waals surface area contributed by atoms with E-state index >= 15 is 0 Å². The fourth-order valence-electron chi connectivity index (χ4n) is 3.67. The van der Waals surface area contributed by atoms with Gasteiger partial charge in [0.1, 0.15) is 30.6 Å². The quantitative estimate of drug-likeness (QED) is 0.840. The summed E-state index contributed by atoms with van der Waals surface area (Å²) in [5, 5.41) is 20.2. The molecule has 2 aliphatic rings. The second kappa shape index (κ2) is 7.61. The fourth-order valence-corrected chi connectivity index (χ4v) is 3.67. The van der Waals surface area contributed by atoms with Crippen LogP contribution in [0.1, 0.15) is 28.8 Å². The molecular formula is C21H21NO6. The van der Waals surface area contributed by atoms with Gasteiger partial charge in [0.25, 0.3) is 5.91 Å². The van der Waals surface area contributed by atoms with Crippen LogP contribution in [0.3, 0.4) is 0 Å². The van der Waals surface area contributed by atoms with Gasteiger partial charge in [-0.05, 0) is 42.7 Å². The molecule has 7 nitrogen and oxygen atoms in total. The maximum Gasteiger partial charge on any atom is 0.417 e. The van der Waals surface area contributed by atoms with E-state index in [4.69, 9.17) is 9.47 Å². The van der Waals surface area contributed by atoms with Crippen molar-refractivity contribution < 1.29 is 29.3 Å². The first-order chi connectivity index (χ1) is 13.5. The van der Waals surface area contributed by atoms with Crippen molar-refractivity contribution in [3.05, 3.63) is 65.7 Å². The number of imide groups is 1. The van der Waals surface area contributed by atoms with Crippen LogP contribution >= 0.6 is 0 Å². The Kier molecular flexibility index (Phi) is 5.02. The summed E-state index contributed by atoms with van der Waals surface area (Å²) in [6.45, 7) is 0.403. The van der Waals surface area contributed by atoms with Gasteiger partial charge in [0.05, 0.1) is 6.10 Å². The predicted octanol–water partition coefficient (Wildman–Crippen LogP) is 2.11. The van der Waals surface area contributed by atoms with E-state index in [2.05, 4.69) is 0 Å². The number of fused-ring (bicyclic) bond motifs is 1. The van der Waals surface area contributed by atoms with Crippen LogP contribution in [0.2, 0.25) is 0 Å². The van der Waals surface area contributed by atoms with Gasteiger partial charge in [-0.3, -0.25) is 4.79 Å². The molecular weight excluding hydrogens is 362 g/mol. The number of rotatable bonds is 4. The first-order valence-electron chi connectivity index (χ1n) is 9.21. The number of ether oxygens (including phenoxy) is 2. The third-order valence-corrected chi connectivity index (χ3v) is 5.19.